The van der Waals surface area contributed by atoms with Gasteiger partial charge in [0.1, 0.15) is 0 Å². The van der Waals surface area contributed by atoms with E-state index < -0.39 is 10.0 Å². The number of H-pyrrole nitrogens is 1. The Kier molecular flexibility index (Phi) is 4.27. The average Bonchev–Trinajstić information content (AvgIpc) is 3.00. The summed E-state index contributed by atoms with van der Waals surface area (Å²) in [5.74, 6) is -0.0336. The number of piperazine rings is 1. The zero-order chi connectivity index (χ0) is 17.5. The molecule has 0 atom stereocenters. The summed E-state index contributed by atoms with van der Waals surface area (Å²) in [6.45, 7) is 3.72. The number of nitrogens with zero attached hydrogens (tertiary/aromatic N) is 3. The van der Waals surface area contributed by atoms with Crippen molar-refractivity contribution in [3.63, 3.8) is 0 Å². The second-order valence-electron chi connectivity index (χ2n) is 6.13. The van der Waals surface area contributed by atoms with Crippen LogP contribution in [0.4, 0.5) is 11.4 Å². The third-order valence-corrected chi connectivity index (χ3v) is 5.84. The van der Waals surface area contributed by atoms with Gasteiger partial charge in [0.05, 0.1) is 6.26 Å². The minimum Gasteiger partial charge on any atom is -0.368 e. The highest BCUT2D eigenvalue weighted by atomic mass is 32.2. The molecule has 0 spiro atoms. The van der Waals surface area contributed by atoms with E-state index in [4.69, 9.17) is 0 Å². The van der Waals surface area contributed by atoms with Crippen molar-refractivity contribution in [1.82, 2.24) is 9.29 Å². The molecule has 1 amide bonds. The molecule has 0 aliphatic carbocycles. The number of hydrogen-bond donors (Lipinski definition) is 1. The third kappa shape index (κ3) is 3.11. The molecule has 130 valence electrons. The van der Waals surface area contributed by atoms with Crippen LogP contribution < -0.4 is 9.80 Å². The molecule has 2 heterocycles. The normalized spacial score (nSPS) is 16.5. The Morgan fingerprint density at radius 3 is 2.46 bits per heavy atom. The zero-order valence-electron chi connectivity index (χ0n) is 14.1. The Morgan fingerprint density at radius 2 is 1.88 bits per heavy atom. The predicted molar refractivity (Wildman–Crippen MR) is 96.0 cm³/mol. The Morgan fingerprint density at radius 1 is 1.21 bits per heavy atom. The summed E-state index contributed by atoms with van der Waals surface area (Å²) in [5, 5.41) is 1.07. The molecule has 2 aromatic rings. The van der Waals surface area contributed by atoms with Crippen molar-refractivity contribution in [3.8, 4) is 0 Å². The Balaban J connectivity index is 1.94. The number of carbonyl (C=O) groups excluding carboxylic acids is 1. The Hall–Kier alpha value is -2.06. The van der Waals surface area contributed by atoms with Gasteiger partial charge in [-0.3, -0.25) is 4.79 Å². The van der Waals surface area contributed by atoms with Crippen molar-refractivity contribution in [1.29, 1.82) is 0 Å². The summed E-state index contributed by atoms with van der Waals surface area (Å²) in [6.07, 6.45) is 3.12. The van der Waals surface area contributed by atoms with Crippen molar-refractivity contribution in [2.75, 3.05) is 49.3 Å². The smallest absolute Gasteiger partial charge is 0.223 e. The highest BCUT2D eigenvalue weighted by molar-refractivity contribution is 7.88. The standard InChI is InChI=1S/C16H22N4O3S/c1-12(21)18(2)13-10-15-14(4-5-17-15)16(11-13)19-6-8-20(9-7-19)24(3,22)23/h4-5,10-11,17H,6-9H2,1-3H3. The number of hydrogen-bond acceptors (Lipinski definition) is 4. The van der Waals surface area contributed by atoms with Crippen molar-refractivity contribution >= 4 is 38.2 Å². The SMILES string of the molecule is CC(=O)N(C)c1cc(N2CCN(S(C)(=O)=O)CC2)c2cc[nH]c2c1. The molecule has 1 aromatic heterocycles. The van der Waals surface area contributed by atoms with E-state index in [1.165, 1.54) is 17.5 Å². The maximum absolute atomic E-state index is 11.7. The molecule has 1 aliphatic heterocycles. The van der Waals surface area contributed by atoms with Gasteiger partial charge < -0.3 is 14.8 Å². The number of carbonyl (C=O) groups is 1. The topological polar surface area (TPSA) is 76.7 Å². The van der Waals surface area contributed by atoms with E-state index in [1.807, 2.05) is 24.4 Å². The number of fused-ring (bicyclic) bond motifs is 1. The van der Waals surface area contributed by atoms with Gasteiger partial charge in [0.15, 0.2) is 0 Å². The summed E-state index contributed by atoms with van der Waals surface area (Å²) in [5.41, 5.74) is 2.80. The number of sulfonamides is 1. The molecule has 1 N–H and O–H groups in total. The first kappa shape index (κ1) is 16.8. The van der Waals surface area contributed by atoms with E-state index in [1.54, 1.807) is 11.9 Å². The van der Waals surface area contributed by atoms with Crippen molar-refractivity contribution < 1.29 is 13.2 Å². The lowest BCUT2D eigenvalue weighted by Gasteiger charge is -2.35. The van der Waals surface area contributed by atoms with Crippen molar-refractivity contribution in [3.05, 3.63) is 24.4 Å². The molecular weight excluding hydrogens is 328 g/mol. The van der Waals surface area contributed by atoms with Crippen LogP contribution in [0.5, 0.6) is 0 Å². The average molecular weight is 350 g/mol. The summed E-state index contributed by atoms with van der Waals surface area (Å²) in [4.78, 5) is 18.7. The van der Waals surface area contributed by atoms with Crippen LogP contribution in [-0.4, -0.2) is 63.1 Å². The van der Waals surface area contributed by atoms with Crippen LogP contribution in [-0.2, 0) is 14.8 Å². The zero-order valence-corrected chi connectivity index (χ0v) is 14.9. The van der Waals surface area contributed by atoms with Crippen LogP contribution in [0, 0.1) is 0 Å². The molecule has 24 heavy (non-hydrogen) atoms. The maximum Gasteiger partial charge on any atom is 0.223 e. The molecule has 8 heteroatoms. The van der Waals surface area contributed by atoms with Gasteiger partial charge in [-0.25, -0.2) is 8.42 Å². The van der Waals surface area contributed by atoms with Gasteiger partial charge in [0.2, 0.25) is 15.9 Å². The van der Waals surface area contributed by atoms with Crippen LogP contribution in [0.2, 0.25) is 0 Å². The highest BCUT2D eigenvalue weighted by Crippen LogP contribution is 2.32. The Bertz CT molecular complexity index is 867. The van der Waals surface area contributed by atoms with Gasteiger partial charge in [-0.2, -0.15) is 4.31 Å². The Labute approximate surface area is 141 Å². The fourth-order valence-electron chi connectivity index (χ4n) is 3.03. The van der Waals surface area contributed by atoms with Crippen molar-refractivity contribution in [2.24, 2.45) is 0 Å². The quantitative estimate of drug-likeness (QED) is 0.903. The fraction of sp³-hybridized carbons (Fsp3) is 0.438. The minimum atomic E-state index is -3.15. The number of aromatic nitrogens is 1. The second kappa shape index (κ2) is 6.10. The van der Waals surface area contributed by atoms with E-state index in [9.17, 15) is 13.2 Å². The fourth-order valence-corrected chi connectivity index (χ4v) is 3.86. The van der Waals surface area contributed by atoms with E-state index in [0.29, 0.717) is 26.2 Å². The highest BCUT2D eigenvalue weighted by Gasteiger charge is 2.25. The lowest BCUT2D eigenvalue weighted by atomic mass is 10.1. The predicted octanol–water partition coefficient (Wildman–Crippen LogP) is 1.23. The van der Waals surface area contributed by atoms with Crippen LogP contribution in [0.25, 0.3) is 10.9 Å². The molecule has 1 aromatic carbocycles. The molecule has 0 bridgehead atoms. The van der Waals surface area contributed by atoms with Crippen LogP contribution in [0.15, 0.2) is 24.4 Å². The second-order valence-corrected chi connectivity index (χ2v) is 8.11. The van der Waals surface area contributed by atoms with Gasteiger partial charge in [-0.1, -0.05) is 0 Å². The van der Waals surface area contributed by atoms with Gasteiger partial charge >= 0.3 is 0 Å². The van der Waals surface area contributed by atoms with Gasteiger partial charge in [-0.05, 0) is 18.2 Å². The molecule has 7 nitrogen and oxygen atoms in total. The molecule has 1 saturated heterocycles. The number of rotatable bonds is 3. The summed E-state index contributed by atoms with van der Waals surface area (Å²) >= 11 is 0. The van der Waals surface area contributed by atoms with E-state index in [2.05, 4.69) is 9.88 Å². The monoisotopic (exact) mass is 350 g/mol. The van der Waals surface area contributed by atoms with E-state index in [0.717, 1.165) is 22.3 Å². The van der Waals surface area contributed by atoms with Gasteiger partial charge in [-0.15, -0.1) is 0 Å². The van der Waals surface area contributed by atoms with Crippen LogP contribution >= 0.6 is 0 Å². The number of amides is 1. The molecular formula is C16H22N4O3S. The first-order chi connectivity index (χ1) is 11.3. The summed E-state index contributed by atoms with van der Waals surface area (Å²) < 4.78 is 24.9. The largest absolute Gasteiger partial charge is 0.368 e. The first-order valence-electron chi connectivity index (χ1n) is 7.83. The number of anilines is 2. The van der Waals surface area contributed by atoms with Gasteiger partial charge in [0.25, 0.3) is 0 Å². The van der Waals surface area contributed by atoms with E-state index >= 15 is 0 Å². The third-order valence-electron chi connectivity index (χ3n) is 4.54. The van der Waals surface area contributed by atoms with E-state index in [-0.39, 0.29) is 5.91 Å². The van der Waals surface area contributed by atoms with Crippen LogP contribution in [0.3, 0.4) is 0 Å². The number of aromatic amines is 1. The van der Waals surface area contributed by atoms with Crippen molar-refractivity contribution in [2.45, 2.75) is 6.92 Å². The number of benzene rings is 1. The maximum atomic E-state index is 11.7. The summed E-state index contributed by atoms with van der Waals surface area (Å²) in [7, 11) is -1.40. The molecule has 1 aliphatic rings. The number of nitrogens with one attached hydrogen (secondary N) is 1. The van der Waals surface area contributed by atoms with Gasteiger partial charge in [0, 0.05) is 68.6 Å². The molecule has 0 radical (unpaired) electrons. The lowest BCUT2D eigenvalue weighted by Crippen LogP contribution is -2.48. The minimum absolute atomic E-state index is 0.0336. The lowest BCUT2D eigenvalue weighted by molar-refractivity contribution is -0.116. The summed E-state index contributed by atoms with van der Waals surface area (Å²) in [6, 6.07) is 5.95. The van der Waals surface area contributed by atoms with Crippen LogP contribution in [0.1, 0.15) is 6.92 Å². The molecule has 0 saturated carbocycles. The molecule has 3 rings (SSSR count). The first-order valence-corrected chi connectivity index (χ1v) is 9.67. The molecule has 0 unspecified atom stereocenters. The molecule has 1 fully saturated rings.